The van der Waals surface area contributed by atoms with Crippen molar-refractivity contribution in [3.05, 3.63) is 23.4 Å². The predicted molar refractivity (Wildman–Crippen MR) is 72.3 cm³/mol. The highest BCUT2D eigenvalue weighted by Gasteiger charge is 2.16. The van der Waals surface area contributed by atoms with Crippen LogP contribution in [0.3, 0.4) is 0 Å². The van der Waals surface area contributed by atoms with Crippen molar-refractivity contribution < 1.29 is 4.74 Å². The molecule has 3 N–H and O–H groups in total. The van der Waals surface area contributed by atoms with Gasteiger partial charge in [-0.15, -0.1) is 0 Å². The minimum absolute atomic E-state index is 0.390. The number of anilines is 1. The Bertz CT molecular complexity index is 416. The molecule has 1 aliphatic heterocycles. The molecule has 1 aromatic rings. The van der Waals surface area contributed by atoms with Crippen molar-refractivity contribution in [1.29, 1.82) is 0 Å². The molecule has 2 rings (SSSR count). The quantitative estimate of drug-likeness (QED) is 0.794. The molecule has 0 spiro atoms. The van der Waals surface area contributed by atoms with Crippen LogP contribution < -0.4 is 11.1 Å². The number of nitrogens with zero attached hydrogens (tertiary/aromatic N) is 1. The third-order valence-electron chi connectivity index (χ3n) is 2.99. The zero-order chi connectivity index (χ0) is 12.3. The van der Waals surface area contributed by atoms with Crippen LogP contribution in [-0.4, -0.2) is 29.7 Å². The summed E-state index contributed by atoms with van der Waals surface area (Å²) < 4.78 is 5.34. The number of hydrogen-bond acceptors (Lipinski definition) is 4. The summed E-state index contributed by atoms with van der Waals surface area (Å²) in [5, 5.41) is 3.32. The monoisotopic (exact) mass is 251 g/mol. The van der Waals surface area contributed by atoms with Gasteiger partial charge < -0.3 is 15.8 Å². The van der Waals surface area contributed by atoms with E-state index < -0.39 is 0 Å². The molecule has 0 aromatic carbocycles. The highest BCUT2D eigenvalue weighted by Crippen LogP contribution is 2.18. The summed E-state index contributed by atoms with van der Waals surface area (Å²) in [6.07, 6.45) is 2.87. The van der Waals surface area contributed by atoms with E-state index in [1.807, 2.05) is 13.0 Å². The van der Waals surface area contributed by atoms with Crippen LogP contribution in [0.4, 0.5) is 5.82 Å². The number of hydrogen-bond donors (Lipinski definition) is 2. The molecule has 1 unspecified atom stereocenters. The number of pyridine rings is 1. The molecule has 1 aromatic heterocycles. The zero-order valence-corrected chi connectivity index (χ0v) is 10.7. The normalized spacial score (nSPS) is 19.2. The number of rotatable bonds is 4. The van der Waals surface area contributed by atoms with Crippen molar-refractivity contribution in [2.45, 2.75) is 13.3 Å². The third-order valence-corrected chi connectivity index (χ3v) is 3.19. The second-order valence-electron chi connectivity index (χ2n) is 4.33. The number of ether oxygens (including phenoxy) is 1. The first kappa shape index (κ1) is 12.3. The van der Waals surface area contributed by atoms with Gasteiger partial charge in [-0.2, -0.15) is 0 Å². The van der Waals surface area contributed by atoms with Gasteiger partial charge in [0.15, 0.2) is 0 Å². The molecule has 0 bridgehead atoms. The molecule has 0 saturated carbocycles. The largest absolute Gasteiger partial charge is 0.389 e. The fraction of sp³-hybridized carbons (Fsp3) is 0.500. The first-order valence-corrected chi connectivity index (χ1v) is 6.16. The molecule has 1 atom stereocenters. The van der Waals surface area contributed by atoms with Gasteiger partial charge in [0.05, 0.1) is 12.2 Å². The summed E-state index contributed by atoms with van der Waals surface area (Å²) in [7, 11) is 0. The Kier molecular flexibility index (Phi) is 3.91. The number of thiocarbonyl (C=S) groups is 1. The molecule has 1 saturated heterocycles. The summed E-state index contributed by atoms with van der Waals surface area (Å²) >= 11 is 5.06. The molecule has 92 valence electrons. The second-order valence-corrected chi connectivity index (χ2v) is 4.77. The van der Waals surface area contributed by atoms with Crippen molar-refractivity contribution in [1.82, 2.24) is 4.98 Å². The van der Waals surface area contributed by atoms with E-state index in [9.17, 15) is 0 Å². The average molecular weight is 251 g/mol. The molecule has 1 fully saturated rings. The Hall–Kier alpha value is -1.20. The van der Waals surface area contributed by atoms with Crippen LogP contribution in [0.2, 0.25) is 0 Å². The lowest BCUT2D eigenvalue weighted by molar-refractivity contribution is 0.187. The number of nitrogens with one attached hydrogen (secondary N) is 1. The van der Waals surface area contributed by atoms with Gasteiger partial charge in [0.25, 0.3) is 0 Å². The van der Waals surface area contributed by atoms with Gasteiger partial charge in [-0.3, -0.25) is 0 Å². The smallest absolute Gasteiger partial charge is 0.136 e. The van der Waals surface area contributed by atoms with Crippen molar-refractivity contribution in [2.24, 2.45) is 11.7 Å². The fourth-order valence-electron chi connectivity index (χ4n) is 1.99. The van der Waals surface area contributed by atoms with Crippen molar-refractivity contribution in [3.63, 3.8) is 0 Å². The summed E-state index contributed by atoms with van der Waals surface area (Å²) in [5.74, 6) is 1.33. The second kappa shape index (κ2) is 5.42. The minimum Gasteiger partial charge on any atom is -0.389 e. The lowest BCUT2D eigenvalue weighted by Crippen LogP contribution is -2.20. The molecule has 0 radical (unpaired) electrons. The van der Waals surface area contributed by atoms with E-state index in [-0.39, 0.29) is 0 Å². The van der Waals surface area contributed by atoms with Gasteiger partial charge in [0.2, 0.25) is 0 Å². The predicted octanol–water partition coefficient (Wildman–Crippen LogP) is 1.47. The van der Waals surface area contributed by atoms with Gasteiger partial charge in [-0.25, -0.2) is 4.98 Å². The number of aromatic nitrogens is 1. The summed E-state index contributed by atoms with van der Waals surface area (Å²) in [4.78, 5) is 4.69. The number of aryl methyl sites for hydroxylation is 1. The van der Waals surface area contributed by atoms with E-state index in [1.54, 1.807) is 6.20 Å². The van der Waals surface area contributed by atoms with Crippen molar-refractivity contribution in [3.8, 4) is 0 Å². The van der Waals surface area contributed by atoms with Gasteiger partial charge in [-0.05, 0) is 25.0 Å². The van der Waals surface area contributed by atoms with E-state index in [4.69, 9.17) is 22.7 Å². The third kappa shape index (κ3) is 2.92. The zero-order valence-electron chi connectivity index (χ0n) is 9.90. The van der Waals surface area contributed by atoms with E-state index >= 15 is 0 Å². The maximum absolute atomic E-state index is 5.73. The molecule has 0 amide bonds. The maximum atomic E-state index is 5.73. The topological polar surface area (TPSA) is 60.2 Å². The van der Waals surface area contributed by atoms with Gasteiger partial charge in [-0.1, -0.05) is 12.2 Å². The van der Waals surface area contributed by atoms with Crippen molar-refractivity contribution >= 4 is 23.0 Å². The van der Waals surface area contributed by atoms with E-state index in [2.05, 4.69) is 10.3 Å². The first-order valence-electron chi connectivity index (χ1n) is 5.75. The molecule has 2 heterocycles. The van der Waals surface area contributed by atoms with Gasteiger partial charge in [0, 0.05) is 25.3 Å². The van der Waals surface area contributed by atoms with Crippen LogP contribution in [0.1, 0.15) is 17.5 Å². The summed E-state index contributed by atoms with van der Waals surface area (Å²) in [6, 6.07) is 1.92. The Morgan fingerprint density at radius 2 is 2.53 bits per heavy atom. The molecule has 1 aliphatic rings. The minimum atomic E-state index is 0.390. The molecule has 0 aliphatic carbocycles. The van der Waals surface area contributed by atoms with Crippen LogP contribution >= 0.6 is 12.2 Å². The Balaban J connectivity index is 2.09. The molecule has 5 heteroatoms. The molecular weight excluding hydrogens is 234 g/mol. The van der Waals surface area contributed by atoms with Crippen LogP contribution in [0.25, 0.3) is 0 Å². The van der Waals surface area contributed by atoms with Crippen LogP contribution in [-0.2, 0) is 4.74 Å². The van der Waals surface area contributed by atoms with E-state index in [0.29, 0.717) is 10.9 Å². The van der Waals surface area contributed by atoms with Gasteiger partial charge in [0.1, 0.15) is 10.8 Å². The molecule has 4 nitrogen and oxygen atoms in total. The fourth-order valence-corrected chi connectivity index (χ4v) is 2.25. The van der Waals surface area contributed by atoms with Crippen LogP contribution in [0.5, 0.6) is 0 Å². The molecular formula is C12H17N3OS. The standard InChI is InChI=1S/C12H17N3OS/c1-8-2-4-14-12(10(8)11(13)17)15-6-9-3-5-16-7-9/h2,4,9H,3,5-7H2,1H3,(H2,13,17)(H,14,15). The Morgan fingerprint density at radius 3 is 3.18 bits per heavy atom. The van der Waals surface area contributed by atoms with Gasteiger partial charge >= 0.3 is 0 Å². The Morgan fingerprint density at radius 1 is 1.71 bits per heavy atom. The maximum Gasteiger partial charge on any atom is 0.136 e. The van der Waals surface area contributed by atoms with E-state index in [1.165, 1.54) is 0 Å². The average Bonchev–Trinajstić information content (AvgIpc) is 2.78. The first-order chi connectivity index (χ1) is 8.18. The molecule has 17 heavy (non-hydrogen) atoms. The Labute approximate surface area is 107 Å². The van der Waals surface area contributed by atoms with Crippen molar-refractivity contribution in [2.75, 3.05) is 25.1 Å². The van der Waals surface area contributed by atoms with Crippen LogP contribution in [0, 0.1) is 12.8 Å². The lowest BCUT2D eigenvalue weighted by Gasteiger charge is -2.14. The lowest BCUT2D eigenvalue weighted by atomic mass is 10.1. The summed E-state index contributed by atoms with van der Waals surface area (Å²) in [6.45, 7) is 4.52. The highest BCUT2D eigenvalue weighted by atomic mass is 32.1. The summed E-state index contributed by atoms with van der Waals surface area (Å²) in [5.41, 5.74) is 7.63. The van der Waals surface area contributed by atoms with E-state index in [0.717, 1.165) is 43.1 Å². The number of nitrogens with two attached hydrogens (primary N) is 1. The van der Waals surface area contributed by atoms with Crippen LogP contribution in [0.15, 0.2) is 12.3 Å². The highest BCUT2D eigenvalue weighted by molar-refractivity contribution is 7.80. The SMILES string of the molecule is Cc1ccnc(NCC2CCOC2)c1C(N)=S.